The van der Waals surface area contributed by atoms with Gasteiger partial charge in [0.1, 0.15) is 0 Å². The molecule has 0 amide bonds. The first-order valence-electron chi connectivity index (χ1n) is 8.68. The second-order valence-electron chi connectivity index (χ2n) is 7.10. The number of benzene rings is 1. The van der Waals surface area contributed by atoms with Crippen molar-refractivity contribution >= 4 is 5.96 Å². The smallest absolute Gasteiger partial charge is 0.194 e. The van der Waals surface area contributed by atoms with Crippen molar-refractivity contribution in [3.8, 4) is 5.69 Å². The Kier molecular flexibility index (Phi) is 4.88. The maximum atomic E-state index is 4.90. The Hall–Kier alpha value is -2.30. The van der Waals surface area contributed by atoms with E-state index in [0.29, 0.717) is 12.0 Å². The van der Waals surface area contributed by atoms with Crippen molar-refractivity contribution in [1.82, 2.24) is 19.8 Å². The molecule has 1 N–H and O–H groups in total. The molecule has 1 aromatic heterocycles. The molecule has 1 saturated heterocycles. The summed E-state index contributed by atoms with van der Waals surface area (Å²) in [7, 11) is 0. The fourth-order valence-corrected chi connectivity index (χ4v) is 3.18. The van der Waals surface area contributed by atoms with E-state index >= 15 is 0 Å². The van der Waals surface area contributed by atoms with Gasteiger partial charge in [0.05, 0.1) is 18.6 Å². The third kappa shape index (κ3) is 3.78. The summed E-state index contributed by atoms with van der Waals surface area (Å²) < 4.78 is 2.04. The van der Waals surface area contributed by atoms with Gasteiger partial charge in [-0.05, 0) is 30.4 Å². The van der Waals surface area contributed by atoms with Crippen molar-refractivity contribution in [3.63, 3.8) is 0 Å². The monoisotopic (exact) mass is 325 g/mol. The largest absolute Gasteiger partial charge is 0.357 e. The van der Waals surface area contributed by atoms with E-state index in [-0.39, 0.29) is 0 Å². The van der Waals surface area contributed by atoms with Crippen molar-refractivity contribution in [1.29, 1.82) is 0 Å². The first-order chi connectivity index (χ1) is 11.6. The molecule has 2 heterocycles. The fraction of sp³-hybridized carbons (Fsp3) is 0.474. The van der Waals surface area contributed by atoms with Gasteiger partial charge in [0.2, 0.25) is 0 Å². The van der Waals surface area contributed by atoms with Crippen LogP contribution in [0, 0.1) is 5.41 Å². The highest BCUT2D eigenvalue weighted by atomic mass is 15.3. The van der Waals surface area contributed by atoms with E-state index in [4.69, 9.17) is 4.99 Å². The number of aliphatic imine (C=N–C) groups is 1. The standard InChI is InChI=1S/C19H27N5/c1-4-21-18(23-11-9-19(2,3)14-23)22-13-16-7-5-6-8-17(16)24-12-10-20-15-24/h5-8,10,12,15H,4,9,11,13-14H2,1-3H3,(H,21,22). The highest BCUT2D eigenvalue weighted by molar-refractivity contribution is 5.80. The third-order valence-electron chi connectivity index (χ3n) is 4.49. The predicted octanol–water partition coefficient (Wildman–Crippen LogP) is 3.07. The van der Waals surface area contributed by atoms with E-state index < -0.39 is 0 Å². The van der Waals surface area contributed by atoms with Gasteiger partial charge in [0.15, 0.2) is 5.96 Å². The van der Waals surface area contributed by atoms with Crippen LogP contribution < -0.4 is 5.32 Å². The minimum atomic E-state index is 0.366. The van der Waals surface area contributed by atoms with E-state index in [1.54, 1.807) is 6.20 Å². The fourth-order valence-electron chi connectivity index (χ4n) is 3.18. The zero-order valence-electron chi connectivity index (χ0n) is 14.9. The van der Waals surface area contributed by atoms with E-state index in [1.165, 1.54) is 12.0 Å². The summed E-state index contributed by atoms with van der Waals surface area (Å²) in [4.78, 5) is 11.4. The van der Waals surface area contributed by atoms with Gasteiger partial charge in [-0.25, -0.2) is 9.98 Å². The maximum Gasteiger partial charge on any atom is 0.194 e. The number of nitrogens with zero attached hydrogens (tertiary/aromatic N) is 4. The first-order valence-corrected chi connectivity index (χ1v) is 8.68. The summed E-state index contributed by atoms with van der Waals surface area (Å²) in [5.74, 6) is 1.02. The lowest BCUT2D eigenvalue weighted by atomic mass is 9.93. The number of guanidine groups is 1. The Bertz CT molecular complexity index is 688. The first kappa shape index (κ1) is 16.6. The van der Waals surface area contributed by atoms with Crippen LogP contribution in [0.15, 0.2) is 48.0 Å². The number of rotatable bonds is 4. The number of para-hydroxylation sites is 1. The van der Waals surface area contributed by atoms with Gasteiger partial charge >= 0.3 is 0 Å². The van der Waals surface area contributed by atoms with E-state index in [9.17, 15) is 0 Å². The lowest BCUT2D eigenvalue weighted by Gasteiger charge is -2.23. The molecule has 0 radical (unpaired) electrons. The number of aromatic nitrogens is 2. The molecule has 1 aliphatic heterocycles. The molecule has 5 nitrogen and oxygen atoms in total. The topological polar surface area (TPSA) is 45.5 Å². The molecule has 0 saturated carbocycles. The van der Waals surface area contributed by atoms with Crippen molar-refractivity contribution in [2.75, 3.05) is 19.6 Å². The summed E-state index contributed by atoms with van der Waals surface area (Å²) >= 11 is 0. The van der Waals surface area contributed by atoms with Gasteiger partial charge in [0, 0.05) is 32.0 Å². The molecule has 5 heteroatoms. The van der Waals surface area contributed by atoms with Crippen molar-refractivity contribution < 1.29 is 0 Å². The van der Waals surface area contributed by atoms with E-state index in [2.05, 4.69) is 60.2 Å². The van der Waals surface area contributed by atoms with Crippen LogP contribution in [0.4, 0.5) is 0 Å². The zero-order valence-corrected chi connectivity index (χ0v) is 14.9. The van der Waals surface area contributed by atoms with Gasteiger partial charge in [-0.3, -0.25) is 0 Å². The van der Waals surface area contributed by atoms with Gasteiger partial charge < -0.3 is 14.8 Å². The summed E-state index contributed by atoms with van der Waals surface area (Å²) in [6.07, 6.45) is 6.81. The summed E-state index contributed by atoms with van der Waals surface area (Å²) in [5.41, 5.74) is 2.70. The lowest BCUT2D eigenvalue weighted by molar-refractivity contribution is 0.370. The lowest BCUT2D eigenvalue weighted by Crippen LogP contribution is -2.40. The second-order valence-corrected chi connectivity index (χ2v) is 7.10. The Morgan fingerprint density at radius 2 is 2.17 bits per heavy atom. The highest BCUT2D eigenvalue weighted by Crippen LogP contribution is 2.28. The zero-order chi connectivity index (χ0) is 17.0. The molecule has 0 aliphatic carbocycles. The molecule has 0 atom stereocenters. The molecule has 128 valence electrons. The van der Waals surface area contributed by atoms with Gasteiger partial charge in [-0.2, -0.15) is 0 Å². The Morgan fingerprint density at radius 1 is 1.33 bits per heavy atom. The molecule has 1 fully saturated rings. The molecule has 0 bridgehead atoms. The molecule has 1 aromatic carbocycles. The number of nitrogens with one attached hydrogen (secondary N) is 1. The predicted molar refractivity (Wildman–Crippen MR) is 98.4 cm³/mol. The molecule has 2 aromatic rings. The molecule has 3 rings (SSSR count). The molecular formula is C19H27N5. The van der Waals surface area contributed by atoms with Crippen LogP contribution in [-0.4, -0.2) is 40.0 Å². The van der Waals surface area contributed by atoms with Crippen LogP contribution in [0.2, 0.25) is 0 Å². The number of hydrogen-bond donors (Lipinski definition) is 1. The summed E-state index contributed by atoms with van der Waals surface area (Å²) in [5, 5.41) is 3.44. The normalized spacial score (nSPS) is 17.3. The Labute approximate surface area is 144 Å². The Balaban J connectivity index is 1.80. The Morgan fingerprint density at radius 3 is 2.83 bits per heavy atom. The van der Waals surface area contributed by atoms with Crippen LogP contribution in [0.25, 0.3) is 5.69 Å². The highest BCUT2D eigenvalue weighted by Gasteiger charge is 2.30. The van der Waals surface area contributed by atoms with Crippen LogP contribution in [0.5, 0.6) is 0 Å². The maximum absolute atomic E-state index is 4.90. The van der Waals surface area contributed by atoms with Gasteiger partial charge in [-0.15, -0.1) is 0 Å². The molecule has 0 unspecified atom stereocenters. The minimum absolute atomic E-state index is 0.366. The SMILES string of the molecule is CCNC(=NCc1ccccc1-n1ccnc1)N1CCC(C)(C)C1. The second kappa shape index (κ2) is 7.07. The van der Waals surface area contributed by atoms with Crippen LogP contribution in [0.1, 0.15) is 32.8 Å². The summed E-state index contributed by atoms with van der Waals surface area (Å²) in [6, 6.07) is 8.36. The molecular weight excluding hydrogens is 298 g/mol. The quantitative estimate of drug-likeness (QED) is 0.694. The van der Waals surface area contributed by atoms with Crippen molar-refractivity contribution in [2.45, 2.75) is 33.7 Å². The van der Waals surface area contributed by atoms with Crippen LogP contribution in [0.3, 0.4) is 0 Å². The van der Waals surface area contributed by atoms with Crippen molar-refractivity contribution in [2.24, 2.45) is 10.4 Å². The van der Waals surface area contributed by atoms with Gasteiger partial charge in [-0.1, -0.05) is 32.0 Å². The number of imidazole rings is 1. The minimum Gasteiger partial charge on any atom is -0.357 e. The van der Waals surface area contributed by atoms with E-state index in [0.717, 1.165) is 31.3 Å². The molecule has 24 heavy (non-hydrogen) atoms. The summed E-state index contributed by atoms with van der Waals surface area (Å²) in [6.45, 7) is 10.4. The van der Waals surface area contributed by atoms with Crippen LogP contribution >= 0.6 is 0 Å². The average Bonchev–Trinajstić information content (AvgIpc) is 3.21. The van der Waals surface area contributed by atoms with E-state index in [1.807, 2.05) is 17.1 Å². The number of hydrogen-bond acceptors (Lipinski definition) is 2. The van der Waals surface area contributed by atoms with Gasteiger partial charge in [0.25, 0.3) is 0 Å². The third-order valence-corrected chi connectivity index (χ3v) is 4.49. The van der Waals surface area contributed by atoms with Crippen molar-refractivity contribution in [3.05, 3.63) is 48.5 Å². The average molecular weight is 325 g/mol. The molecule has 1 aliphatic rings. The van der Waals surface area contributed by atoms with Crippen LogP contribution in [-0.2, 0) is 6.54 Å². The molecule has 0 spiro atoms. The number of likely N-dealkylation sites (tertiary alicyclic amines) is 1.